The Balaban J connectivity index is 2.22. The SMILES string of the molecule is CC(C)=CC(=O)N1CCc2sccc2C1C. The van der Waals surface area contributed by atoms with Crippen LogP contribution >= 0.6 is 11.3 Å². The molecule has 1 aromatic heterocycles. The largest absolute Gasteiger partial charge is 0.332 e. The van der Waals surface area contributed by atoms with Gasteiger partial charge in [-0.15, -0.1) is 11.3 Å². The first-order valence-electron chi connectivity index (χ1n) is 5.61. The van der Waals surface area contributed by atoms with Gasteiger partial charge in [0, 0.05) is 17.5 Å². The van der Waals surface area contributed by atoms with Crippen LogP contribution in [-0.2, 0) is 11.2 Å². The number of amides is 1. The molecule has 0 saturated carbocycles. The third kappa shape index (κ3) is 2.05. The summed E-state index contributed by atoms with van der Waals surface area (Å²) in [5.74, 6) is 0.143. The Morgan fingerprint density at radius 1 is 1.56 bits per heavy atom. The van der Waals surface area contributed by atoms with Crippen LogP contribution in [0.5, 0.6) is 0 Å². The van der Waals surface area contributed by atoms with Crippen LogP contribution < -0.4 is 0 Å². The Bertz CT molecular complexity index is 429. The number of fused-ring (bicyclic) bond motifs is 1. The fourth-order valence-electron chi connectivity index (χ4n) is 2.14. The fraction of sp³-hybridized carbons (Fsp3) is 0.462. The first-order valence-corrected chi connectivity index (χ1v) is 6.49. The van der Waals surface area contributed by atoms with Gasteiger partial charge in [-0.3, -0.25) is 4.79 Å². The molecule has 2 heterocycles. The quantitative estimate of drug-likeness (QED) is 0.685. The zero-order valence-electron chi connectivity index (χ0n) is 9.99. The summed E-state index contributed by atoms with van der Waals surface area (Å²) in [5.41, 5.74) is 2.39. The number of nitrogens with zero attached hydrogens (tertiary/aromatic N) is 1. The number of hydrogen-bond donors (Lipinski definition) is 0. The van der Waals surface area contributed by atoms with Gasteiger partial charge in [0.15, 0.2) is 0 Å². The smallest absolute Gasteiger partial charge is 0.247 e. The van der Waals surface area contributed by atoms with E-state index in [2.05, 4.69) is 18.4 Å². The highest BCUT2D eigenvalue weighted by atomic mass is 32.1. The molecule has 86 valence electrons. The molecular weight excluding hydrogens is 218 g/mol. The number of carbonyl (C=O) groups excluding carboxylic acids is 1. The van der Waals surface area contributed by atoms with E-state index < -0.39 is 0 Å². The van der Waals surface area contributed by atoms with Gasteiger partial charge in [0.05, 0.1) is 6.04 Å². The molecule has 0 fully saturated rings. The summed E-state index contributed by atoms with van der Waals surface area (Å²) < 4.78 is 0. The maximum atomic E-state index is 12.0. The third-order valence-electron chi connectivity index (χ3n) is 2.97. The number of allylic oxidation sites excluding steroid dienone is 1. The molecule has 0 aromatic carbocycles. The van der Waals surface area contributed by atoms with Crippen molar-refractivity contribution in [2.24, 2.45) is 0 Å². The molecule has 1 aliphatic rings. The zero-order chi connectivity index (χ0) is 11.7. The summed E-state index contributed by atoms with van der Waals surface area (Å²) in [6.07, 6.45) is 2.73. The minimum Gasteiger partial charge on any atom is -0.332 e. The van der Waals surface area contributed by atoms with Crippen molar-refractivity contribution in [2.45, 2.75) is 33.2 Å². The summed E-state index contributed by atoms with van der Waals surface area (Å²) in [6, 6.07) is 2.37. The Hall–Kier alpha value is -1.09. The summed E-state index contributed by atoms with van der Waals surface area (Å²) in [6.45, 7) is 6.88. The van der Waals surface area contributed by atoms with Crippen molar-refractivity contribution in [3.8, 4) is 0 Å². The summed E-state index contributed by atoms with van der Waals surface area (Å²) in [5, 5.41) is 2.12. The molecule has 1 amide bonds. The maximum absolute atomic E-state index is 12.0. The second-order valence-electron chi connectivity index (χ2n) is 4.48. The molecule has 1 unspecified atom stereocenters. The summed E-state index contributed by atoms with van der Waals surface area (Å²) in [4.78, 5) is 15.4. The van der Waals surface area contributed by atoms with Crippen LogP contribution in [0.4, 0.5) is 0 Å². The van der Waals surface area contributed by atoms with Crippen molar-refractivity contribution in [2.75, 3.05) is 6.54 Å². The standard InChI is InChI=1S/C13H17NOS/c1-9(2)8-13(15)14-6-4-12-11(10(14)3)5-7-16-12/h5,7-8,10H,4,6H2,1-3H3. The topological polar surface area (TPSA) is 20.3 Å². The number of rotatable bonds is 1. The van der Waals surface area contributed by atoms with E-state index in [0.717, 1.165) is 18.5 Å². The van der Waals surface area contributed by atoms with Crippen molar-refractivity contribution in [1.29, 1.82) is 0 Å². The van der Waals surface area contributed by atoms with Gasteiger partial charge >= 0.3 is 0 Å². The van der Waals surface area contributed by atoms with Gasteiger partial charge in [-0.2, -0.15) is 0 Å². The average Bonchev–Trinajstić information content (AvgIpc) is 2.65. The van der Waals surface area contributed by atoms with E-state index in [1.165, 1.54) is 10.4 Å². The molecule has 0 aliphatic carbocycles. The highest BCUT2D eigenvalue weighted by molar-refractivity contribution is 7.10. The van der Waals surface area contributed by atoms with Crippen molar-refractivity contribution in [3.63, 3.8) is 0 Å². The lowest BCUT2D eigenvalue weighted by Crippen LogP contribution is -2.37. The maximum Gasteiger partial charge on any atom is 0.247 e. The van der Waals surface area contributed by atoms with Crippen molar-refractivity contribution >= 4 is 17.2 Å². The molecule has 0 N–H and O–H groups in total. The van der Waals surface area contributed by atoms with E-state index in [1.807, 2.05) is 18.7 Å². The second-order valence-corrected chi connectivity index (χ2v) is 5.48. The van der Waals surface area contributed by atoms with E-state index in [1.54, 1.807) is 17.4 Å². The zero-order valence-corrected chi connectivity index (χ0v) is 10.8. The summed E-state index contributed by atoms with van der Waals surface area (Å²) >= 11 is 1.80. The molecule has 16 heavy (non-hydrogen) atoms. The summed E-state index contributed by atoms with van der Waals surface area (Å²) in [7, 11) is 0. The highest BCUT2D eigenvalue weighted by Crippen LogP contribution is 2.32. The van der Waals surface area contributed by atoms with E-state index >= 15 is 0 Å². The monoisotopic (exact) mass is 235 g/mol. The molecule has 0 radical (unpaired) electrons. The lowest BCUT2D eigenvalue weighted by Gasteiger charge is -2.33. The van der Waals surface area contributed by atoms with Crippen LogP contribution in [0.3, 0.4) is 0 Å². The molecule has 3 heteroatoms. The van der Waals surface area contributed by atoms with E-state index in [-0.39, 0.29) is 11.9 Å². The van der Waals surface area contributed by atoms with Crippen molar-refractivity contribution < 1.29 is 4.79 Å². The predicted octanol–water partition coefficient (Wildman–Crippen LogP) is 3.16. The van der Waals surface area contributed by atoms with Crippen molar-refractivity contribution in [1.82, 2.24) is 4.90 Å². The van der Waals surface area contributed by atoms with Gasteiger partial charge < -0.3 is 4.90 Å². The predicted molar refractivity (Wildman–Crippen MR) is 67.6 cm³/mol. The van der Waals surface area contributed by atoms with Crippen LogP contribution in [0.1, 0.15) is 37.3 Å². The van der Waals surface area contributed by atoms with Gasteiger partial charge in [-0.05, 0) is 44.2 Å². The van der Waals surface area contributed by atoms with Crippen LogP contribution in [-0.4, -0.2) is 17.4 Å². The van der Waals surface area contributed by atoms with Crippen LogP contribution in [0.15, 0.2) is 23.1 Å². The lowest BCUT2D eigenvalue weighted by molar-refractivity contribution is -0.128. The molecule has 1 aromatic rings. The van der Waals surface area contributed by atoms with Crippen LogP contribution in [0.2, 0.25) is 0 Å². The molecule has 2 rings (SSSR count). The van der Waals surface area contributed by atoms with Crippen molar-refractivity contribution in [3.05, 3.63) is 33.5 Å². The highest BCUT2D eigenvalue weighted by Gasteiger charge is 2.26. The Kier molecular flexibility index (Phi) is 3.15. The minimum atomic E-state index is 0.143. The van der Waals surface area contributed by atoms with E-state index in [9.17, 15) is 4.79 Å². The third-order valence-corrected chi connectivity index (χ3v) is 3.97. The molecular formula is C13H17NOS. The Morgan fingerprint density at radius 3 is 3.00 bits per heavy atom. The molecule has 0 saturated heterocycles. The number of carbonyl (C=O) groups is 1. The minimum absolute atomic E-state index is 0.143. The first-order chi connectivity index (χ1) is 7.59. The Labute approximate surface area is 101 Å². The average molecular weight is 235 g/mol. The van der Waals surface area contributed by atoms with Gasteiger partial charge in [-0.1, -0.05) is 5.57 Å². The molecule has 0 bridgehead atoms. The molecule has 2 nitrogen and oxygen atoms in total. The van der Waals surface area contributed by atoms with Crippen LogP contribution in [0, 0.1) is 0 Å². The fourth-order valence-corrected chi connectivity index (χ4v) is 3.10. The van der Waals surface area contributed by atoms with E-state index in [4.69, 9.17) is 0 Å². The van der Waals surface area contributed by atoms with Gasteiger partial charge in [0.1, 0.15) is 0 Å². The lowest BCUT2D eigenvalue weighted by atomic mass is 10.0. The number of thiophene rings is 1. The Morgan fingerprint density at radius 2 is 2.31 bits per heavy atom. The molecule has 1 aliphatic heterocycles. The van der Waals surface area contributed by atoms with Crippen LogP contribution in [0.25, 0.3) is 0 Å². The second kappa shape index (κ2) is 4.42. The number of hydrogen-bond acceptors (Lipinski definition) is 2. The van der Waals surface area contributed by atoms with Gasteiger partial charge in [-0.25, -0.2) is 0 Å². The normalized spacial score (nSPS) is 19.2. The molecule has 1 atom stereocenters. The first kappa shape index (κ1) is 11.4. The van der Waals surface area contributed by atoms with Gasteiger partial charge in [0.25, 0.3) is 0 Å². The molecule has 0 spiro atoms. The van der Waals surface area contributed by atoms with E-state index in [0.29, 0.717) is 0 Å². The van der Waals surface area contributed by atoms with Gasteiger partial charge in [0.2, 0.25) is 5.91 Å².